The Bertz CT molecular complexity index is 679. The van der Waals surface area contributed by atoms with Crippen LogP contribution in [0.25, 0.3) is 0 Å². The molecule has 0 amide bonds. The van der Waals surface area contributed by atoms with Gasteiger partial charge in [0.2, 0.25) is 0 Å². The minimum absolute atomic E-state index is 0.0806. The Morgan fingerprint density at radius 2 is 1.12 bits per heavy atom. The average Bonchev–Trinajstić information content (AvgIpc) is 2.92. The summed E-state index contributed by atoms with van der Waals surface area (Å²) in [6.45, 7) is 3.79. The number of nitrogens with zero attached hydrogens (tertiary/aromatic N) is 1. The van der Waals surface area contributed by atoms with Crippen molar-refractivity contribution in [1.29, 1.82) is 0 Å². The minimum atomic E-state index is -4.39. The van der Waals surface area contributed by atoms with Crippen LogP contribution in [0.2, 0.25) is 0 Å². The Labute approximate surface area is 260 Å². The van der Waals surface area contributed by atoms with E-state index in [1.54, 1.807) is 0 Å². The van der Waals surface area contributed by atoms with Gasteiger partial charge in [-0.15, -0.1) is 0 Å². The molecule has 0 spiro atoms. The molecular formula is C34H68NO6P. The van der Waals surface area contributed by atoms with Crippen molar-refractivity contribution in [3.63, 3.8) is 0 Å². The largest absolute Gasteiger partial charge is 0.756 e. The van der Waals surface area contributed by atoms with Crippen LogP contribution >= 0.6 is 7.82 Å². The van der Waals surface area contributed by atoms with Gasteiger partial charge in [0.15, 0.2) is 0 Å². The quantitative estimate of drug-likeness (QED) is 0.0325. The summed E-state index contributed by atoms with van der Waals surface area (Å²) in [5, 5.41) is 0. The van der Waals surface area contributed by atoms with Gasteiger partial charge in [-0.25, -0.2) is 0 Å². The summed E-state index contributed by atoms with van der Waals surface area (Å²) in [4.78, 5) is 12.1. The molecule has 0 aliphatic rings. The lowest BCUT2D eigenvalue weighted by Crippen LogP contribution is -2.38. The van der Waals surface area contributed by atoms with Crippen molar-refractivity contribution in [3.8, 4) is 0 Å². The Morgan fingerprint density at radius 3 is 1.57 bits per heavy atom. The highest BCUT2D eigenvalue weighted by Gasteiger charge is 2.20. The van der Waals surface area contributed by atoms with E-state index in [1.165, 1.54) is 103 Å². The molecule has 0 fully saturated rings. The molecule has 0 aliphatic heterocycles. The summed E-state index contributed by atoms with van der Waals surface area (Å²) in [5.41, 5.74) is 0. The van der Waals surface area contributed by atoms with Gasteiger partial charge in [-0.1, -0.05) is 95.4 Å². The lowest BCUT2D eigenvalue weighted by atomic mass is 10.1. The molecule has 0 aromatic rings. The van der Waals surface area contributed by atoms with Gasteiger partial charge in [0.1, 0.15) is 19.3 Å². The van der Waals surface area contributed by atoms with Crippen LogP contribution in [0.5, 0.6) is 0 Å². The van der Waals surface area contributed by atoms with Gasteiger partial charge in [-0.05, 0) is 57.8 Å². The van der Waals surface area contributed by atoms with Crippen LogP contribution in [0.3, 0.4) is 0 Å². The van der Waals surface area contributed by atoms with E-state index in [0.717, 1.165) is 25.7 Å². The molecule has 0 aromatic carbocycles. The molecular weight excluding hydrogens is 549 g/mol. The van der Waals surface area contributed by atoms with Gasteiger partial charge in [0.25, 0.3) is 7.82 Å². The van der Waals surface area contributed by atoms with Crippen molar-refractivity contribution < 1.29 is 32.5 Å². The zero-order valence-corrected chi connectivity index (χ0v) is 29.1. The topological polar surface area (TPSA) is 77.1 Å². The normalized spacial score (nSPS) is 14.7. The number of ether oxygens (including phenoxy) is 2. The SMILES string of the molecule is CCCCCC/C=C\CCCCCCCCCC/C=C\CCCCCOC[C@H](COC)OP(=O)([O-])OCC[N+](C)(C)C. The molecule has 0 aromatic heterocycles. The summed E-state index contributed by atoms with van der Waals surface area (Å²) in [6, 6.07) is 0. The van der Waals surface area contributed by atoms with Crippen molar-refractivity contribution in [2.75, 3.05) is 61.2 Å². The summed E-state index contributed by atoms with van der Waals surface area (Å²) in [7, 11) is 3.03. The molecule has 0 N–H and O–H groups in total. The Morgan fingerprint density at radius 1 is 0.667 bits per heavy atom. The highest BCUT2D eigenvalue weighted by Crippen LogP contribution is 2.39. The second kappa shape index (κ2) is 29.2. The minimum Gasteiger partial charge on any atom is -0.756 e. The van der Waals surface area contributed by atoms with Gasteiger partial charge in [0.05, 0.1) is 34.4 Å². The predicted octanol–water partition coefficient (Wildman–Crippen LogP) is 8.77. The fraction of sp³-hybridized carbons (Fsp3) is 0.882. The molecule has 0 radical (unpaired) electrons. The number of unbranched alkanes of at least 4 members (excludes halogenated alkanes) is 16. The summed E-state index contributed by atoms with van der Waals surface area (Å²) in [6.07, 6.45) is 33.1. The van der Waals surface area contributed by atoms with E-state index in [2.05, 4.69) is 31.2 Å². The molecule has 1 unspecified atom stereocenters. The standard InChI is InChI=1S/C34H68NO6P/c1-6-7-8-9-10-11-12-13-14-15-16-17-18-19-20-21-22-23-24-25-26-27-28-30-39-33-34(32-38-5)41-42(36,37)40-31-29-35(2,3)4/h11-12,23-24,34H,6-10,13-22,25-33H2,1-5H3/b12-11-,24-23-/t34-/m0/s1. The third-order valence-electron chi connectivity index (χ3n) is 7.15. The zero-order chi connectivity index (χ0) is 31.2. The fourth-order valence-electron chi connectivity index (χ4n) is 4.54. The second-order valence-corrected chi connectivity index (χ2v) is 14.0. The highest BCUT2D eigenvalue weighted by atomic mass is 31.2. The van der Waals surface area contributed by atoms with Crippen molar-refractivity contribution in [3.05, 3.63) is 24.3 Å². The molecule has 250 valence electrons. The predicted molar refractivity (Wildman–Crippen MR) is 176 cm³/mol. The van der Waals surface area contributed by atoms with E-state index >= 15 is 0 Å². The van der Waals surface area contributed by atoms with Crippen molar-refractivity contribution >= 4 is 7.82 Å². The molecule has 8 heteroatoms. The number of phosphoric acid groups is 1. The number of quaternary nitrogens is 1. The first-order chi connectivity index (χ1) is 20.2. The fourth-order valence-corrected chi connectivity index (χ4v) is 5.39. The van der Waals surface area contributed by atoms with Gasteiger partial charge in [-0.2, -0.15) is 0 Å². The van der Waals surface area contributed by atoms with Crippen molar-refractivity contribution in [2.24, 2.45) is 0 Å². The second-order valence-electron chi connectivity index (χ2n) is 12.6. The monoisotopic (exact) mass is 617 g/mol. The van der Waals surface area contributed by atoms with Gasteiger partial charge < -0.3 is 27.9 Å². The van der Waals surface area contributed by atoms with Gasteiger partial charge >= 0.3 is 0 Å². The summed E-state index contributed by atoms with van der Waals surface area (Å²) >= 11 is 0. The first-order valence-corrected chi connectivity index (χ1v) is 18.5. The number of hydrogen-bond acceptors (Lipinski definition) is 6. The Balaban J connectivity index is 3.56. The molecule has 2 atom stereocenters. The molecule has 42 heavy (non-hydrogen) atoms. The first kappa shape index (κ1) is 41.5. The van der Waals surface area contributed by atoms with E-state index in [4.69, 9.17) is 18.5 Å². The third kappa shape index (κ3) is 32.4. The van der Waals surface area contributed by atoms with Crippen LogP contribution < -0.4 is 4.89 Å². The third-order valence-corrected chi connectivity index (χ3v) is 8.21. The number of likely N-dealkylation sites (N-methyl/N-ethyl adjacent to an activating group) is 1. The molecule has 0 heterocycles. The van der Waals surface area contributed by atoms with E-state index < -0.39 is 13.9 Å². The summed E-state index contributed by atoms with van der Waals surface area (Å²) in [5.74, 6) is 0. The smallest absolute Gasteiger partial charge is 0.268 e. The number of phosphoric ester groups is 1. The molecule has 0 aliphatic carbocycles. The highest BCUT2D eigenvalue weighted by molar-refractivity contribution is 7.45. The molecule has 7 nitrogen and oxygen atoms in total. The Hall–Kier alpha value is -0.530. The van der Waals surface area contributed by atoms with Gasteiger partial charge in [-0.3, -0.25) is 4.57 Å². The Kier molecular flexibility index (Phi) is 28.8. The maximum absolute atomic E-state index is 12.1. The first-order valence-electron chi connectivity index (χ1n) is 17.0. The van der Waals surface area contributed by atoms with Crippen molar-refractivity contribution in [1.82, 2.24) is 0 Å². The molecule has 0 saturated heterocycles. The van der Waals surface area contributed by atoms with Crippen LogP contribution in [-0.2, 0) is 23.1 Å². The zero-order valence-electron chi connectivity index (χ0n) is 28.2. The van der Waals surface area contributed by atoms with Crippen LogP contribution in [0, 0.1) is 0 Å². The lowest BCUT2D eigenvalue weighted by molar-refractivity contribution is -0.870. The van der Waals surface area contributed by atoms with E-state index in [1.807, 2.05) is 21.1 Å². The molecule has 0 rings (SSSR count). The number of rotatable bonds is 32. The van der Waals surface area contributed by atoms with E-state index in [9.17, 15) is 9.46 Å². The number of hydrogen-bond donors (Lipinski definition) is 0. The maximum Gasteiger partial charge on any atom is 0.268 e. The van der Waals surface area contributed by atoms with E-state index in [0.29, 0.717) is 17.6 Å². The maximum atomic E-state index is 12.1. The van der Waals surface area contributed by atoms with Crippen molar-refractivity contribution in [2.45, 2.75) is 135 Å². The average molecular weight is 618 g/mol. The van der Waals surface area contributed by atoms with Crippen LogP contribution in [0.1, 0.15) is 129 Å². The van der Waals surface area contributed by atoms with Gasteiger partial charge in [0, 0.05) is 13.7 Å². The number of allylic oxidation sites excluding steroid dienone is 4. The number of methoxy groups -OCH3 is 1. The van der Waals surface area contributed by atoms with E-state index in [-0.39, 0.29) is 19.8 Å². The lowest BCUT2D eigenvalue weighted by Gasteiger charge is -2.29. The van der Waals surface area contributed by atoms with Crippen LogP contribution in [0.4, 0.5) is 0 Å². The van der Waals surface area contributed by atoms with Crippen LogP contribution in [0.15, 0.2) is 24.3 Å². The summed E-state index contributed by atoms with van der Waals surface area (Å²) < 4.78 is 33.6. The van der Waals surface area contributed by atoms with Crippen LogP contribution in [-0.4, -0.2) is 71.8 Å². The molecule has 0 bridgehead atoms. The molecule has 0 saturated carbocycles.